The average Bonchev–Trinajstić information content (AvgIpc) is 3.76. The van der Waals surface area contributed by atoms with Crippen LogP contribution in [-0.2, 0) is 30.9 Å². The number of sulfonamides is 1. The summed E-state index contributed by atoms with van der Waals surface area (Å²) in [6.45, 7) is 3.40. The normalized spacial score (nSPS) is 19.6. The SMILES string of the molecule is CCCS(=O)(=O)N(CCOC)CC(=O)N(Cc1ccc(Cl)cc1)C1CCN(C(=O)[C@@H]2C[C@@H]2c2ccccc2)CC1. The van der Waals surface area contributed by atoms with E-state index in [0.29, 0.717) is 43.9 Å². The fraction of sp³-hybridized carbons (Fsp3) is 0.533. The lowest BCUT2D eigenvalue weighted by molar-refractivity contribution is -0.138. The fourth-order valence-corrected chi connectivity index (χ4v) is 7.07. The van der Waals surface area contributed by atoms with Gasteiger partial charge in [0.25, 0.3) is 0 Å². The molecule has 1 saturated heterocycles. The van der Waals surface area contributed by atoms with Crippen LogP contribution in [0.4, 0.5) is 0 Å². The maximum absolute atomic E-state index is 13.7. The van der Waals surface area contributed by atoms with E-state index < -0.39 is 10.0 Å². The molecule has 1 aliphatic heterocycles. The Balaban J connectivity index is 1.44. The third-order valence-corrected chi connectivity index (χ3v) is 10.1. The topological polar surface area (TPSA) is 87.2 Å². The molecule has 0 bridgehead atoms. The first kappa shape index (κ1) is 30.5. The number of benzene rings is 2. The van der Waals surface area contributed by atoms with Gasteiger partial charge in [0.05, 0.1) is 18.9 Å². The third kappa shape index (κ3) is 7.84. The van der Waals surface area contributed by atoms with Crippen LogP contribution >= 0.6 is 11.6 Å². The van der Waals surface area contributed by atoms with Gasteiger partial charge in [0.2, 0.25) is 21.8 Å². The van der Waals surface area contributed by atoms with Crippen LogP contribution in [0.15, 0.2) is 54.6 Å². The van der Waals surface area contributed by atoms with Gasteiger partial charge in [-0.3, -0.25) is 9.59 Å². The molecular formula is C30H40ClN3O5S. The zero-order valence-corrected chi connectivity index (χ0v) is 24.9. The molecule has 8 nitrogen and oxygen atoms in total. The summed E-state index contributed by atoms with van der Waals surface area (Å²) in [6, 6.07) is 17.4. The summed E-state index contributed by atoms with van der Waals surface area (Å²) in [7, 11) is -2.09. The predicted molar refractivity (Wildman–Crippen MR) is 156 cm³/mol. The number of amides is 2. The minimum atomic E-state index is -3.60. The standard InChI is InChI=1S/C30H40ClN3O5S/c1-3-19-40(37,38)33(17-18-39-2)22-29(35)34(21-23-9-11-25(31)12-10-23)26-13-15-32(16-14-26)30(36)28-20-27(28)24-7-5-4-6-8-24/h4-12,26-28H,3,13-22H2,1-2H3/t27-,28-/m1/s1. The van der Waals surface area contributed by atoms with E-state index in [9.17, 15) is 18.0 Å². The van der Waals surface area contributed by atoms with Crippen molar-refractivity contribution in [2.75, 3.05) is 45.6 Å². The monoisotopic (exact) mass is 589 g/mol. The Labute approximate surface area is 243 Å². The smallest absolute Gasteiger partial charge is 0.238 e. The van der Waals surface area contributed by atoms with Crippen LogP contribution in [0.2, 0.25) is 5.02 Å². The second-order valence-corrected chi connectivity index (χ2v) is 13.2. The minimum Gasteiger partial charge on any atom is -0.383 e. The summed E-state index contributed by atoms with van der Waals surface area (Å²) in [5, 5.41) is 0.610. The van der Waals surface area contributed by atoms with Crippen molar-refractivity contribution in [1.29, 1.82) is 0 Å². The first-order chi connectivity index (χ1) is 19.2. The highest BCUT2D eigenvalue weighted by molar-refractivity contribution is 7.89. The molecule has 2 aliphatic rings. The molecule has 0 spiro atoms. The van der Waals surface area contributed by atoms with Crippen LogP contribution in [-0.4, -0.2) is 86.0 Å². The molecule has 4 rings (SSSR count). The number of nitrogens with zero attached hydrogens (tertiary/aromatic N) is 3. The van der Waals surface area contributed by atoms with Crippen molar-refractivity contribution in [3.63, 3.8) is 0 Å². The van der Waals surface area contributed by atoms with Gasteiger partial charge < -0.3 is 14.5 Å². The summed E-state index contributed by atoms with van der Waals surface area (Å²) in [4.78, 5) is 30.7. The molecule has 2 aromatic rings. The van der Waals surface area contributed by atoms with E-state index in [2.05, 4.69) is 12.1 Å². The quantitative estimate of drug-likeness (QED) is 0.350. The maximum Gasteiger partial charge on any atom is 0.238 e. The van der Waals surface area contributed by atoms with E-state index in [0.717, 1.165) is 12.0 Å². The van der Waals surface area contributed by atoms with Crippen LogP contribution in [0.5, 0.6) is 0 Å². The highest BCUT2D eigenvalue weighted by Crippen LogP contribution is 2.48. The first-order valence-electron chi connectivity index (χ1n) is 14.1. The fourth-order valence-electron chi connectivity index (χ4n) is 5.51. The van der Waals surface area contributed by atoms with Crippen LogP contribution < -0.4 is 0 Å². The van der Waals surface area contributed by atoms with Crippen molar-refractivity contribution in [3.05, 3.63) is 70.7 Å². The van der Waals surface area contributed by atoms with Crippen molar-refractivity contribution < 1.29 is 22.7 Å². The molecular weight excluding hydrogens is 550 g/mol. The second kappa shape index (κ2) is 13.9. The van der Waals surface area contributed by atoms with Gasteiger partial charge in [-0.05, 0) is 54.9 Å². The molecule has 2 fully saturated rings. The molecule has 0 aromatic heterocycles. The Kier molecular flexibility index (Phi) is 10.6. The molecule has 40 heavy (non-hydrogen) atoms. The zero-order valence-electron chi connectivity index (χ0n) is 23.4. The molecule has 2 aromatic carbocycles. The molecule has 0 N–H and O–H groups in total. The number of rotatable bonds is 13. The Morgan fingerprint density at radius 1 is 1.05 bits per heavy atom. The summed E-state index contributed by atoms with van der Waals surface area (Å²) in [6.07, 6.45) is 2.64. The highest BCUT2D eigenvalue weighted by atomic mass is 35.5. The average molecular weight is 590 g/mol. The summed E-state index contributed by atoms with van der Waals surface area (Å²) >= 11 is 6.08. The molecule has 0 unspecified atom stereocenters. The number of carbonyl (C=O) groups excluding carboxylic acids is 2. The molecule has 0 radical (unpaired) electrons. The number of piperidine rings is 1. The number of methoxy groups -OCH3 is 1. The Hall–Kier alpha value is -2.46. The summed E-state index contributed by atoms with van der Waals surface area (Å²) in [5.41, 5.74) is 2.13. The van der Waals surface area contributed by atoms with Gasteiger partial charge >= 0.3 is 0 Å². The van der Waals surface area contributed by atoms with E-state index in [1.54, 1.807) is 24.0 Å². The van der Waals surface area contributed by atoms with Crippen LogP contribution in [0.3, 0.4) is 0 Å². The van der Waals surface area contributed by atoms with Crippen molar-refractivity contribution in [3.8, 4) is 0 Å². The molecule has 1 aliphatic carbocycles. The Morgan fingerprint density at radius 3 is 2.35 bits per heavy atom. The van der Waals surface area contributed by atoms with Gasteiger partial charge in [0.15, 0.2) is 0 Å². The van der Waals surface area contributed by atoms with E-state index in [4.69, 9.17) is 16.3 Å². The number of ether oxygens (including phenoxy) is 1. The van der Waals surface area contributed by atoms with Gasteiger partial charge in [0.1, 0.15) is 0 Å². The maximum atomic E-state index is 13.7. The van der Waals surface area contributed by atoms with Crippen molar-refractivity contribution in [2.45, 2.75) is 51.1 Å². The second-order valence-electron chi connectivity index (χ2n) is 10.7. The van der Waals surface area contributed by atoms with Gasteiger partial charge in [-0.15, -0.1) is 0 Å². The molecule has 10 heteroatoms. The highest BCUT2D eigenvalue weighted by Gasteiger charge is 2.46. The van der Waals surface area contributed by atoms with E-state index >= 15 is 0 Å². The number of halogens is 1. The number of hydrogen-bond acceptors (Lipinski definition) is 5. The van der Waals surface area contributed by atoms with Crippen LogP contribution in [0.25, 0.3) is 0 Å². The number of carbonyl (C=O) groups is 2. The van der Waals surface area contributed by atoms with Gasteiger partial charge in [-0.2, -0.15) is 4.31 Å². The first-order valence-corrected chi connectivity index (χ1v) is 16.1. The summed E-state index contributed by atoms with van der Waals surface area (Å²) in [5.74, 6) is 0.245. The predicted octanol–water partition coefficient (Wildman–Crippen LogP) is 4.15. The summed E-state index contributed by atoms with van der Waals surface area (Å²) < 4.78 is 32.2. The van der Waals surface area contributed by atoms with Crippen LogP contribution in [0.1, 0.15) is 49.7 Å². The minimum absolute atomic E-state index is 0.0210. The lowest BCUT2D eigenvalue weighted by Crippen LogP contribution is -2.52. The Bertz CT molecular complexity index is 1230. The molecule has 2 atom stereocenters. The van der Waals surface area contributed by atoms with Gasteiger partial charge in [0, 0.05) is 50.3 Å². The van der Waals surface area contributed by atoms with E-state index in [1.165, 1.54) is 17.0 Å². The zero-order chi connectivity index (χ0) is 28.7. The number of likely N-dealkylation sites (tertiary alicyclic amines) is 1. The molecule has 2 amide bonds. The lowest BCUT2D eigenvalue weighted by Gasteiger charge is -2.39. The van der Waals surface area contributed by atoms with Gasteiger partial charge in [-0.1, -0.05) is 61.0 Å². The van der Waals surface area contributed by atoms with Crippen molar-refractivity contribution in [1.82, 2.24) is 14.1 Å². The van der Waals surface area contributed by atoms with Crippen LogP contribution in [0, 0.1) is 5.92 Å². The Morgan fingerprint density at radius 2 is 1.73 bits per heavy atom. The lowest BCUT2D eigenvalue weighted by atomic mass is 10.0. The molecule has 1 heterocycles. The van der Waals surface area contributed by atoms with E-state index in [1.807, 2.05) is 35.2 Å². The molecule has 1 saturated carbocycles. The van der Waals surface area contributed by atoms with Gasteiger partial charge in [-0.25, -0.2) is 8.42 Å². The number of hydrogen-bond donors (Lipinski definition) is 0. The van der Waals surface area contributed by atoms with Crippen molar-refractivity contribution >= 4 is 33.4 Å². The third-order valence-electron chi connectivity index (χ3n) is 7.85. The van der Waals surface area contributed by atoms with E-state index in [-0.39, 0.29) is 55.1 Å². The largest absolute Gasteiger partial charge is 0.383 e. The van der Waals surface area contributed by atoms with Crippen molar-refractivity contribution in [2.24, 2.45) is 5.92 Å². The molecule has 218 valence electrons.